The molecule has 0 aliphatic rings. The SMILES string of the molecule is CC(NOCC(F)(F)F)c1ccccc1. The molecule has 0 heterocycles. The van der Waals surface area contributed by atoms with Gasteiger partial charge in [0.05, 0.1) is 6.04 Å². The predicted molar refractivity (Wildman–Crippen MR) is 50.0 cm³/mol. The minimum Gasteiger partial charge on any atom is -0.292 e. The molecule has 1 aromatic rings. The van der Waals surface area contributed by atoms with Gasteiger partial charge in [-0.25, -0.2) is 0 Å². The highest BCUT2D eigenvalue weighted by molar-refractivity contribution is 5.17. The van der Waals surface area contributed by atoms with Crippen molar-refractivity contribution in [3.8, 4) is 0 Å². The fourth-order valence-electron chi connectivity index (χ4n) is 1.06. The molecule has 0 aliphatic carbocycles. The molecule has 0 fully saturated rings. The number of hydroxylamine groups is 1. The molecule has 1 aromatic carbocycles. The standard InChI is InChI=1S/C10H12F3NO/c1-8(9-5-3-2-4-6-9)14-15-7-10(11,12)13/h2-6,8,14H,7H2,1H3. The van der Waals surface area contributed by atoms with E-state index >= 15 is 0 Å². The molecule has 84 valence electrons. The fraction of sp³-hybridized carbons (Fsp3) is 0.400. The number of rotatable bonds is 4. The summed E-state index contributed by atoms with van der Waals surface area (Å²) in [5.41, 5.74) is 3.21. The van der Waals surface area contributed by atoms with Crippen molar-refractivity contribution in [2.24, 2.45) is 0 Å². The smallest absolute Gasteiger partial charge is 0.292 e. The van der Waals surface area contributed by atoms with Crippen molar-refractivity contribution >= 4 is 0 Å². The molecule has 0 saturated heterocycles. The first-order chi connectivity index (χ1) is 6.99. The van der Waals surface area contributed by atoms with Crippen molar-refractivity contribution in [3.05, 3.63) is 35.9 Å². The second-order valence-electron chi connectivity index (χ2n) is 3.15. The molecule has 15 heavy (non-hydrogen) atoms. The minimum absolute atomic E-state index is 0.270. The van der Waals surface area contributed by atoms with Crippen LogP contribution >= 0.6 is 0 Å². The van der Waals surface area contributed by atoms with Crippen molar-refractivity contribution in [1.29, 1.82) is 0 Å². The summed E-state index contributed by atoms with van der Waals surface area (Å²) in [5, 5.41) is 0. The maximum absolute atomic E-state index is 11.7. The van der Waals surface area contributed by atoms with Crippen LogP contribution in [0.1, 0.15) is 18.5 Å². The average Bonchev–Trinajstić information content (AvgIpc) is 2.17. The van der Waals surface area contributed by atoms with Gasteiger partial charge < -0.3 is 0 Å². The first-order valence-electron chi connectivity index (χ1n) is 4.48. The Morgan fingerprint density at radius 2 is 1.87 bits per heavy atom. The summed E-state index contributed by atoms with van der Waals surface area (Å²) in [6.07, 6.45) is -4.30. The third-order valence-electron chi connectivity index (χ3n) is 1.80. The normalized spacial score (nSPS) is 13.9. The molecule has 1 rings (SSSR count). The van der Waals surface area contributed by atoms with E-state index < -0.39 is 12.8 Å². The molecule has 1 N–H and O–H groups in total. The van der Waals surface area contributed by atoms with Crippen LogP contribution in [0.2, 0.25) is 0 Å². The van der Waals surface area contributed by atoms with Crippen LogP contribution < -0.4 is 5.48 Å². The van der Waals surface area contributed by atoms with Crippen LogP contribution in [-0.2, 0) is 4.84 Å². The van der Waals surface area contributed by atoms with Gasteiger partial charge in [0.25, 0.3) is 0 Å². The van der Waals surface area contributed by atoms with Gasteiger partial charge >= 0.3 is 6.18 Å². The predicted octanol–water partition coefficient (Wildman–Crippen LogP) is 2.83. The van der Waals surface area contributed by atoms with E-state index in [9.17, 15) is 13.2 Å². The molecular weight excluding hydrogens is 207 g/mol. The molecule has 0 bridgehead atoms. The van der Waals surface area contributed by atoms with Gasteiger partial charge in [0, 0.05) is 0 Å². The summed E-state index contributed by atoms with van der Waals surface area (Å²) in [4.78, 5) is 4.34. The first-order valence-corrected chi connectivity index (χ1v) is 4.48. The lowest BCUT2D eigenvalue weighted by Gasteiger charge is -2.14. The Kier molecular flexibility index (Phi) is 4.11. The Morgan fingerprint density at radius 1 is 1.27 bits per heavy atom. The Bertz CT molecular complexity index is 286. The van der Waals surface area contributed by atoms with Crippen LogP contribution in [0.5, 0.6) is 0 Å². The van der Waals surface area contributed by atoms with E-state index in [-0.39, 0.29) is 6.04 Å². The van der Waals surface area contributed by atoms with E-state index in [1.165, 1.54) is 0 Å². The number of alkyl halides is 3. The van der Waals surface area contributed by atoms with Crippen LogP contribution in [0, 0.1) is 0 Å². The Hall–Kier alpha value is -1.07. The van der Waals surface area contributed by atoms with E-state index in [0.29, 0.717) is 0 Å². The second kappa shape index (κ2) is 5.14. The zero-order chi connectivity index (χ0) is 11.3. The molecule has 0 aliphatic heterocycles. The minimum atomic E-state index is -4.30. The van der Waals surface area contributed by atoms with Crippen molar-refractivity contribution < 1.29 is 18.0 Å². The topological polar surface area (TPSA) is 21.3 Å². The first kappa shape index (κ1) is 12.0. The molecule has 1 atom stereocenters. The van der Waals surface area contributed by atoms with Gasteiger partial charge in [-0.05, 0) is 12.5 Å². The molecule has 0 radical (unpaired) electrons. The zero-order valence-corrected chi connectivity index (χ0v) is 8.21. The maximum atomic E-state index is 11.7. The number of halogens is 3. The van der Waals surface area contributed by atoms with E-state index in [4.69, 9.17) is 0 Å². The molecule has 2 nitrogen and oxygen atoms in total. The fourth-order valence-corrected chi connectivity index (χ4v) is 1.06. The van der Waals surface area contributed by atoms with Gasteiger partial charge in [-0.3, -0.25) is 4.84 Å². The molecule has 0 saturated carbocycles. The second-order valence-corrected chi connectivity index (χ2v) is 3.15. The number of hydrogen-bond acceptors (Lipinski definition) is 2. The summed E-state index contributed by atoms with van der Waals surface area (Å²) in [6, 6.07) is 8.83. The quantitative estimate of drug-likeness (QED) is 0.786. The highest BCUT2D eigenvalue weighted by Crippen LogP contribution is 2.15. The highest BCUT2D eigenvalue weighted by atomic mass is 19.4. The Labute approximate surface area is 86.0 Å². The summed E-state index contributed by atoms with van der Waals surface area (Å²) in [6.45, 7) is 0.440. The summed E-state index contributed by atoms with van der Waals surface area (Å²) in [5.74, 6) is 0. The Morgan fingerprint density at radius 3 is 2.40 bits per heavy atom. The van der Waals surface area contributed by atoms with Gasteiger partial charge in [-0.15, -0.1) is 0 Å². The summed E-state index contributed by atoms with van der Waals surface area (Å²) in [7, 11) is 0. The van der Waals surface area contributed by atoms with Gasteiger partial charge in [0.1, 0.15) is 0 Å². The maximum Gasteiger partial charge on any atom is 0.413 e. The third kappa shape index (κ3) is 4.80. The van der Waals surface area contributed by atoms with Crippen LogP contribution in [-0.4, -0.2) is 12.8 Å². The number of hydrogen-bond donors (Lipinski definition) is 1. The third-order valence-corrected chi connectivity index (χ3v) is 1.80. The average molecular weight is 219 g/mol. The van der Waals surface area contributed by atoms with Crippen molar-refractivity contribution in [2.45, 2.75) is 19.1 Å². The Balaban J connectivity index is 2.34. The molecule has 0 amide bonds. The van der Waals surface area contributed by atoms with Gasteiger partial charge in [0.2, 0.25) is 0 Å². The lowest BCUT2D eigenvalue weighted by molar-refractivity contribution is -0.192. The molecular formula is C10H12F3NO. The largest absolute Gasteiger partial charge is 0.413 e. The van der Waals surface area contributed by atoms with Crippen LogP contribution in [0.3, 0.4) is 0 Å². The van der Waals surface area contributed by atoms with E-state index in [2.05, 4.69) is 10.3 Å². The van der Waals surface area contributed by atoms with Crippen LogP contribution in [0.15, 0.2) is 30.3 Å². The van der Waals surface area contributed by atoms with Gasteiger partial charge in [0.15, 0.2) is 6.61 Å². The zero-order valence-electron chi connectivity index (χ0n) is 8.21. The monoisotopic (exact) mass is 219 g/mol. The van der Waals surface area contributed by atoms with Crippen molar-refractivity contribution in [1.82, 2.24) is 5.48 Å². The van der Waals surface area contributed by atoms with Crippen molar-refractivity contribution in [2.75, 3.05) is 6.61 Å². The molecule has 5 heteroatoms. The lowest BCUT2D eigenvalue weighted by atomic mass is 10.1. The van der Waals surface area contributed by atoms with Gasteiger partial charge in [-0.1, -0.05) is 30.3 Å². The van der Waals surface area contributed by atoms with Crippen LogP contribution in [0.4, 0.5) is 13.2 Å². The summed E-state index contributed by atoms with van der Waals surface area (Å²) >= 11 is 0. The van der Waals surface area contributed by atoms with E-state index in [1.54, 1.807) is 6.92 Å². The number of benzene rings is 1. The lowest BCUT2D eigenvalue weighted by Crippen LogP contribution is -2.26. The summed E-state index contributed by atoms with van der Waals surface area (Å²) < 4.78 is 35.2. The highest BCUT2D eigenvalue weighted by Gasteiger charge is 2.28. The molecule has 0 aromatic heterocycles. The van der Waals surface area contributed by atoms with E-state index in [1.807, 2.05) is 30.3 Å². The van der Waals surface area contributed by atoms with Crippen molar-refractivity contribution in [3.63, 3.8) is 0 Å². The molecule has 1 unspecified atom stereocenters. The number of nitrogens with one attached hydrogen (secondary N) is 1. The van der Waals surface area contributed by atoms with Gasteiger partial charge in [-0.2, -0.15) is 18.7 Å². The van der Waals surface area contributed by atoms with E-state index in [0.717, 1.165) is 5.56 Å². The molecule has 0 spiro atoms. The van der Waals surface area contributed by atoms with Crippen LogP contribution in [0.25, 0.3) is 0 Å².